The predicted molar refractivity (Wildman–Crippen MR) is 57.1 cm³/mol. The second kappa shape index (κ2) is 6.01. The summed E-state index contributed by atoms with van der Waals surface area (Å²) in [4.78, 5) is 0. The molecule has 2 heteroatoms. The zero-order valence-electron chi connectivity index (χ0n) is 6.92. The molecular weight excluding hydrogens is 172 g/mol. The van der Waals surface area contributed by atoms with E-state index in [1.54, 1.807) is 0 Å². The number of rotatable bonds is 5. The minimum Gasteiger partial charge on any atom is -0.103 e. The molecule has 0 aromatic carbocycles. The lowest BCUT2D eigenvalue weighted by Crippen LogP contribution is -1.96. The van der Waals surface area contributed by atoms with Crippen LogP contribution in [-0.4, -0.2) is 11.0 Å². The highest BCUT2D eigenvalue weighted by Gasteiger charge is 2.15. The Morgan fingerprint density at radius 3 is 3.00 bits per heavy atom. The van der Waals surface area contributed by atoms with Crippen molar-refractivity contribution in [2.75, 3.05) is 5.75 Å². The Morgan fingerprint density at radius 1 is 1.45 bits per heavy atom. The van der Waals surface area contributed by atoms with E-state index in [4.69, 9.17) is 0 Å². The van der Waals surface area contributed by atoms with Crippen LogP contribution in [0.3, 0.4) is 0 Å². The smallest absolute Gasteiger partial charge is 0.0159 e. The first-order valence-electron chi connectivity index (χ1n) is 4.32. The zero-order chi connectivity index (χ0) is 7.94. The van der Waals surface area contributed by atoms with Crippen molar-refractivity contribution < 1.29 is 0 Å². The van der Waals surface area contributed by atoms with Gasteiger partial charge in [-0.15, -0.1) is 6.58 Å². The van der Waals surface area contributed by atoms with Gasteiger partial charge in [0.1, 0.15) is 0 Å². The third kappa shape index (κ3) is 4.12. The predicted octanol–water partition coefficient (Wildman–Crippen LogP) is 3.89. The van der Waals surface area contributed by atoms with E-state index in [-0.39, 0.29) is 0 Å². The van der Waals surface area contributed by atoms with E-state index in [0.717, 1.165) is 5.25 Å². The molecule has 0 N–H and O–H groups in total. The van der Waals surface area contributed by atoms with Crippen LogP contribution in [0.5, 0.6) is 0 Å². The van der Waals surface area contributed by atoms with E-state index in [9.17, 15) is 0 Å². The average Bonchev–Trinajstić information content (AvgIpc) is 2.50. The summed E-state index contributed by atoms with van der Waals surface area (Å²) in [6.45, 7) is 3.72. The lowest BCUT2D eigenvalue weighted by atomic mass is 10.1. The normalized spacial score (nSPS) is 23.8. The molecule has 0 amide bonds. The molecule has 0 aromatic heterocycles. The van der Waals surface area contributed by atoms with Crippen molar-refractivity contribution in [3.8, 4) is 0 Å². The summed E-state index contributed by atoms with van der Waals surface area (Å²) in [6.07, 6.45) is 8.81. The number of unbranched alkanes of at least 4 members (excludes halogenated alkanes) is 2. The van der Waals surface area contributed by atoms with Crippen molar-refractivity contribution in [1.29, 1.82) is 0 Å². The molecule has 1 saturated heterocycles. The van der Waals surface area contributed by atoms with Crippen molar-refractivity contribution in [2.45, 2.75) is 37.4 Å². The summed E-state index contributed by atoms with van der Waals surface area (Å²) < 4.78 is 0. The Kier molecular flexibility index (Phi) is 5.21. The van der Waals surface area contributed by atoms with E-state index >= 15 is 0 Å². The van der Waals surface area contributed by atoms with Gasteiger partial charge >= 0.3 is 0 Å². The lowest BCUT2D eigenvalue weighted by molar-refractivity contribution is 0.657. The quantitative estimate of drug-likeness (QED) is 0.365. The van der Waals surface area contributed by atoms with Crippen LogP contribution in [-0.2, 0) is 0 Å². The number of hydrogen-bond donors (Lipinski definition) is 0. The van der Waals surface area contributed by atoms with E-state index in [0.29, 0.717) is 0 Å². The molecule has 0 saturated carbocycles. The van der Waals surface area contributed by atoms with E-state index in [1.165, 1.54) is 37.9 Å². The van der Waals surface area contributed by atoms with Gasteiger partial charge in [-0.3, -0.25) is 0 Å². The van der Waals surface area contributed by atoms with Crippen molar-refractivity contribution in [2.24, 2.45) is 0 Å². The summed E-state index contributed by atoms with van der Waals surface area (Å²) in [5, 5.41) is 0.963. The Labute approximate surface area is 77.6 Å². The van der Waals surface area contributed by atoms with E-state index in [1.807, 2.05) is 16.9 Å². The highest BCUT2D eigenvalue weighted by Crippen LogP contribution is 2.39. The lowest BCUT2D eigenvalue weighted by Gasteiger charge is -2.04. The second-order valence-electron chi connectivity index (χ2n) is 2.90. The summed E-state index contributed by atoms with van der Waals surface area (Å²) in [7, 11) is 4.13. The molecule has 1 fully saturated rings. The van der Waals surface area contributed by atoms with Gasteiger partial charge in [0.2, 0.25) is 0 Å². The van der Waals surface area contributed by atoms with Crippen LogP contribution in [0.1, 0.15) is 32.1 Å². The van der Waals surface area contributed by atoms with Crippen molar-refractivity contribution >= 4 is 21.6 Å². The van der Waals surface area contributed by atoms with Gasteiger partial charge in [0.05, 0.1) is 0 Å². The maximum absolute atomic E-state index is 3.72. The zero-order valence-corrected chi connectivity index (χ0v) is 8.55. The summed E-state index contributed by atoms with van der Waals surface area (Å²) >= 11 is 0. The van der Waals surface area contributed by atoms with Gasteiger partial charge in [-0.05, 0) is 25.7 Å². The molecule has 0 aliphatic carbocycles. The Hall–Kier alpha value is 0.440. The average molecular weight is 188 g/mol. The van der Waals surface area contributed by atoms with Crippen LogP contribution in [0.15, 0.2) is 12.7 Å². The Morgan fingerprint density at radius 2 is 2.36 bits per heavy atom. The van der Waals surface area contributed by atoms with Gasteiger partial charge in [0.25, 0.3) is 0 Å². The van der Waals surface area contributed by atoms with Crippen LogP contribution < -0.4 is 0 Å². The molecular formula is C9H16S2. The molecule has 1 rings (SSSR count). The van der Waals surface area contributed by atoms with Crippen LogP contribution in [0.25, 0.3) is 0 Å². The Bertz CT molecular complexity index is 106. The number of allylic oxidation sites excluding steroid dienone is 1. The van der Waals surface area contributed by atoms with Crippen molar-refractivity contribution in [3.63, 3.8) is 0 Å². The third-order valence-corrected chi connectivity index (χ3v) is 4.92. The minimum absolute atomic E-state index is 0.963. The fourth-order valence-electron chi connectivity index (χ4n) is 1.23. The molecule has 1 heterocycles. The van der Waals surface area contributed by atoms with Crippen LogP contribution in [0.4, 0.5) is 0 Å². The topological polar surface area (TPSA) is 0 Å². The van der Waals surface area contributed by atoms with Crippen LogP contribution in [0.2, 0.25) is 0 Å². The first kappa shape index (κ1) is 9.53. The molecule has 0 spiro atoms. The van der Waals surface area contributed by atoms with E-state index in [2.05, 4.69) is 17.4 Å². The summed E-state index contributed by atoms with van der Waals surface area (Å²) in [5.41, 5.74) is 0. The molecule has 1 atom stereocenters. The summed E-state index contributed by atoms with van der Waals surface area (Å²) in [5.74, 6) is 1.37. The molecule has 11 heavy (non-hydrogen) atoms. The maximum Gasteiger partial charge on any atom is 0.0159 e. The third-order valence-electron chi connectivity index (χ3n) is 1.91. The first-order valence-corrected chi connectivity index (χ1v) is 6.71. The maximum atomic E-state index is 3.72. The molecule has 64 valence electrons. The molecule has 1 aliphatic heterocycles. The van der Waals surface area contributed by atoms with E-state index < -0.39 is 0 Å². The standard InChI is InChI=1S/C9H16S2/c1-2-3-4-5-6-9-7-8-10-11-9/h2,9H,1,3-8H2. The van der Waals surface area contributed by atoms with Gasteiger partial charge in [-0.2, -0.15) is 0 Å². The molecule has 1 unspecified atom stereocenters. The fraction of sp³-hybridized carbons (Fsp3) is 0.778. The molecule has 0 nitrogen and oxygen atoms in total. The van der Waals surface area contributed by atoms with Crippen LogP contribution >= 0.6 is 21.6 Å². The first-order chi connectivity index (χ1) is 5.43. The largest absolute Gasteiger partial charge is 0.103 e. The van der Waals surface area contributed by atoms with Crippen molar-refractivity contribution in [3.05, 3.63) is 12.7 Å². The monoisotopic (exact) mass is 188 g/mol. The number of hydrogen-bond acceptors (Lipinski definition) is 2. The van der Waals surface area contributed by atoms with Gasteiger partial charge in [0.15, 0.2) is 0 Å². The van der Waals surface area contributed by atoms with Gasteiger partial charge in [-0.1, -0.05) is 34.1 Å². The van der Waals surface area contributed by atoms with Crippen LogP contribution in [0, 0.1) is 0 Å². The summed E-state index contributed by atoms with van der Waals surface area (Å²) in [6, 6.07) is 0. The molecule has 0 radical (unpaired) electrons. The SMILES string of the molecule is C=CCCCCC1CCSS1. The van der Waals surface area contributed by atoms with Gasteiger partial charge in [0, 0.05) is 11.0 Å². The molecule has 0 aromatic rings. The molecule has 1 aliphatic rings. The van der Waals surface area contributed by atoms with Gasteiger partial charge < -0.3 is 0 Å². The second-order valence-corrected chi connectivity index (χ2v) is 5.69. The highest BCUT2D eigenvalue weighted by atomic mass is 33.1. The minimum atomic E-state index is 0.963. The van der Waals surface area contributed by atoms with Gasteiger partial charge in [-0.25, -0.2) is 0 Å². The fourth-order valence-corrected chi connectivity index (χ4v) is 4.25. The highest BCUT2D eigenvalue weighted by molar-refractivity contribution is 8.77. The molecule has 0 bridgehead atoms. The van der Waals surface area contributed by atoms with Crippen molar-refractivity contribution in [1.82, 2.24) is 0 Å². The Balaban J connectivity index is 1.89.